The number of carbonyl (C=O) groups excluding carboxylic acids is 2. The number of amides is 1. The number of aromatic amines is 1. The molecule has 1 aromatic heterocycles. The van der Waals surface area contributed by atoms with Crippen molar-refractivity contribution < 1.29 is 14.3 Å². The van der Waals surface area contributed by atoms with E-state index in [-0.39, 0.29) is 11.3 Å². The zero-order chi connectivity index (χ0) is 28.6. The largest absolute Gasteiger partial charge is 0.497 e. The first kappa shape index (κ1) is 28.1. The van der Waals surface area contributed by atoms with Crippen LogP contribution in [0.4, 0.5) is 0 Å². The summed E-state index contributed by atoms with van der Waals surface area (Å²) in [6, 6.07) is 13.0. The number of hydrogen-bond acceptors (Lipinski definition) is 3. The average molecular weight is 555 g/mol. The number of methoxy groups -OCH3 is 1. The van der Waals surface area contributed by atoms with E-state index in [9.17, 15) is 9.59 Å². The second-order valence-corrected chi connectivity index (χ2v) is 13.3. The number of ether oxygens (including phenoxy) is 1. The van der Waals surface area contributed by atoms with Crippen molar-refractivity contribution in [3.63, 3.8) is 0 Å². The predicted molar refractivity (Wildman–Crippen MR) is 164 cm³/mol. The van der Waals surface area contributed by atoms with Gasteiger partial charge in [-0.1, -0.05) is 44.0 Å². The molecule has 41 heavy (non-hydrogen) atoms. The highest BCUT2D eigenvalue weighted by molar-refractivity contribution is 5.88. The third-order valence-electron chi connectivity index (χ3n) is 11.0. The van der Waals surface area contributed by atoms with Crippen LogP contribution in [0.3, 0.4) is 0 Å². The third-order valence-corrected chi connectivity index (χ3v) is 11.0. The lowest BCUT2D eigenvalue weighted by molar-refractivity contribution is -0.129. The van der Waals surface area contributed by atoms with Crippen molar-refractivity contribution in [3.8, 4) is 5.75 Å². The van der Waals surface area contributed by atoms with Gasteiger partial charge in [-0.25, -0.2) is 0 Å². The number of fused-ring (bicyclic) bond motifs is 6. The van der Waals surface area contributed by atoms with Crippen molar-refractivity contribution in [2.24, 2.45) is 23.2 Å². The summed E-state index contributed by atoms with van der Waals surface area (Å²) in [6.07, 6.45) is 12.9. The minimum Gasteiger partial charge on any atom is -0.497 e. The van der Waals surface area contributed by atoms with Gasteiger partial charge >= 0.3 is 0 Å². The summed E-state index contributed by atoms with van der Waals surface area (Å²) in [4.78, 5) is 29.2. The summed E-state index contributed by atoms with van der Waals surface area (Å²) in [5, 5.41) is 4.37. The number of para-hydroxylation sites is 1. The number of aromatic nitrogens is 1. The summed E-state index contributed by atoms with van der Waals surface area (Å²) >= 11 is 0. The zero-order valence-corrected chi connectivity index (χ0v) is 25.1. The van der Waals surface area contributed by atoms with Crippen LogP contribution < -0.4 is 10.1 Å². The molecule has 0 radical (unpaired) electrons. The lowest BCUT2D eigenvalue weighted by atomic mass is 9.54. The smallest absolute Gasteiger partial charge is 0.220 e. The van der Waals surface area contributed by atoms with Crippen LogP contribution in [0.25, 0.3) is 10.9 Å². The Balaban J connectivity index is 0.975. The lowest BCUT2D eigenvalue weighted by Crippen LogP contribution is -2.44. The molecule has 0 saturated heterocycles. The van der Waals surface area contributed by atoms with Crippen LogP contribution >= 0.6 is 0 Å². The van der Waals surface area contributed by atoms with Crippen LogP contribution in [0, 0.1) is 30.1 Å². The molecule has 5 heteroatoms. The summed E-state index contributed by atoms with van der Waals surface area (Å²) in [6.45, 7) is 5.07. The number of nitrogens with one attached hydrogen (secondary N) is 2. The first-order valence-electron chi connectivity index (χ1n) is 15.9. The number of unbranched alkanes of at least 4 members (excludes halogenated alkanes) is 2. The molecule has 0 spiro atoms. The standard InChI is InChI=1S/C36H46N2O3/c1-23-8-7-10-29-26(22-38-35(23)29)17-19-37-33(40)11-6-4-5-9-25-21-32(39)36(2)18-16-30-28-15-13-27(41-3)20-24(28)12-14-31(30)34(25)36/h7-8,10,13,15,20,22,25,30-31,34,38H,4-6,9,11-12,14,16-19,21H2,1-3H3,(H,37,40)/t25-,30-,31-,34+,36-/m1/s1. The van der Waals surface area contributed by atoms with Gasteiger partial charge < -0.3 is 15.0 Å². The van der Waals surface area contributed by atoms with Gasteiger partial charge in [0, 0.05) is 41.9 Å². The fraction of sp³-hybridized carbons (Fsp3) is 0.556. The van der Waals surface area contributed by atoms with Crippen LogP contribution in [0.15, 0.2) is 42.6 Å². The predicted octanol–water partition coefficient (Wildman–Crippen LogP) is 7.45. The van der Waals surface area contributed by atoms with Crippen molar-refractivity contribution >= 4 is 22.6 Å². The Hall–Kier alpha value is -3.08. The van der Waals surface area contributed by atoms with E-state index in [1.165, 1.54) is 39.6 Å². The lowest BCUT2D eigenvalue weighted by Gasteiger charge is -2.50. The van der Waals surface area contributed by atoms with Crippen molar-refractivity contribution in [3.05, 3.63) is 64.8 Å². The number of aryl methyl sites for hydroxylation is 2. The van der Waals surface area contributed by atoms with E-state index >= 15 is 0 Å². The summed E-state index contributed by atoms with van der Waals surface area (Å²) in [5.41, 5.74) is 6.51. The molecule has 0 unspecified atom stereocenters. The zero-order valence-electron chi connectivity index (χ0n) is 25.1. The molecule has 0 aliphatic heterocycles. The highest BCUT2D eigenvalue weighted by atomic mass is 16.5. The molecule has 2 N–H and O–H groups in total. The molecule has 3 aliphatic rings. The van der Waals surface area contributed by atoms with Gasteiger partial charge in [-0.05, 0) is 110 Å². The molecule has 6 rings (SSSR count). The third kappa shape index (κ3) is 5.33. The fourth-order valence-electron chi connectivity index (χ4n) is 8.87. The molecule has 5 atom stereocenters. The number of rotatable bonds is 10. The average Bonchev–Trinajstić information content (AvgIpc) is 3.51. The summed E-state index contributed by atoms with van der Waals surface area (Å²) in [7, 11) is 1.74. The highest BCUT2D eigenvalue weighted by Crippen LogP contribution is 2.62. The second-order valence-electron chi connectivity index (χ2n) is 13.3. The normalized spacial score (nSPS) is 26.9. The maximum absolute atomic E-state index is 13.3. The quantitative estimate of drug-likeness (QED) is 0.256. The molecule has 2 aromatic carbocycles. The van der Waals surface area contributed by atoms with Crippen LogP contribution in [-0.2, 0) is 22.4 Å². The van der Waals surface area contributed by atoms with Gasteiger partial charge in [0.05, 0.1) is 7.11 Å². The molecular weight excluding hydrogens is 508 g/mol. The number of Topliss-reactive ketones (excluding diaryl/α,β-unsaturated/α-hetero) is 1. The SMILES string of the molecule is COc1ccc2c(c1)CC[C@H]1[C@@H]3[C@H](CCCCCC(=O)NCCc4c[nH]c5c(C)cccc45)CC(=O)[C@@]3(C)CC[C@H]21. The van der Waals surface area contributed by atoms with E-state index < -0.39 is 0 Å². The molecule has 2 fully saturated rings. The molecular formula is C36H46N2O3. The van der Waals surface area contributed by atoms with Crippen molar-refractivity contribution in [2.45, 2.75) is 90.4 Å². The Kier molecular flexibility index (Phi) is 7.98. The van der Waals surface area contributed by atoms with Crippen molar-refractivity contribution in [1.82, 2.24) is 10.3 Å². The Bertz CT molecular complexity index is 1420. The Labute approximate surface area is 244 Å². The minimum absolute atomic E-state index is 0.140. The molecule has 3 aromatic rings. The van der Waals surface area contributed by atoms with Gasteiger partial charge in [0.1, 0.15) is 11.5 Å². The molecule has 1 amide bonds. The van der Waals surface area contributed by atoms with Crippen LogP contribution in [0.5, 0.6) is 5.75 Å². The molecule has 5 nitrogen and oxygen atoms in total. The van der Waals surface area contributed by atoms with E-state index in [1.807, 2.05) is 0 Å². The van der Waals surface area contributed by atoms with Crippen molar-refractivity contribution in [1.29, 1.82) is 0 Å². The van der Waals surface area contributed by atoms with Gasteiger partial charge in [0.15, 0.2) is 0 Å². The molecule has 1 heterocycles. The van der Waals surface area contributed by atoms with E-state index in [0.717, 1.165) is 63.5 Å². The van der Waals surface area contributed by atoms with E-state index in [0.29, 0.717) is 42.4 Å². The number of carbonyl (C=O) groups is 2. The number of ketones is 1. The summed E-state index contributed by atoms with van der Waals surface area (Å²) < 4.78 is 5.49. The van der Waals surface area contributed by atoms with Crippen molar-refractivity contribution in [2.75, 3.05) is 13.7 Å². The first-order valence-corrected chi connectivity index (χ1v) is 15.9. The van der Waals surface area contributed by atoms with Gasteiger partial charge in [-0.15, -0.1) is 0 Å². The van der Waals surface area contributed by atoms with Gasteiger partial charge in [-0.3, -0.25) is 9.59 Å². The van der Waals surface area contributed by atoms with Gasteiger partial charge in [-0.2, -0.15) is 0 Å². The van der Waals surface area contributed by atoms with E-state index in [4.69, 9.17) is 4.74 Å². The van der Waals surface area contributed by atoms with Gasteiger partial charge in [0.25, 0.3) is 0 Å². The van der Waals surface area contributed by atoms with E-state index in [1.54, 1.807) is 7.11 Å². The van der Waals surface area contributed by atoms with E-state index in [2.05, 4.69) is 66.7 Å². The topological polar surface area (TPSA) is 71.2 Å². The fourth-order valence-corrected chi connectivity index (χ4v) is 8.87. The number of H-pyrrole nitrogens is 1. The number of benzene rings is 2. The first-order chi connectivity index (χ1) is 19.9. The minimum atomic E-state index is -0.140. The maximum Gasteiger partial charge on any atom is 0.220 e. The molecule has 3 aliphatic carbocycles. The van der Waals surface area contributed by atoms with Crippen LogP contribution in [0.1, 0.15) is 92.9 Å². The van der Waals surface area contributed by atoms with Gasteiger partial charge in [0.2, 0.25) is 5.91 Å². The monoisotopic (exact) mass is 554 g/mol. The highest BCUT2D eigenvalue weighted by Gasteiger charge is 2.58. The maximum atomic E-state index is 13.3. The Morgan fingerprint density at radius 3 is 2.88 bits per heavy atom. The van der Waals surface area contributed by atoms with Crippen LogP contribution in [-0.4, -0.2) is 30.3 Å². The number of hydrogen-bond donors (Lipinski definition) is 2. The molecule has 0 bridgehead atoms. The Morgan fingerprint density at radius 1 is 1.15 bits per heavy atom. The Morgan fingerprint density at radius 2 is 2.02 bits per heavy atom. The van der Waals surface area contributed by atoms with Crippen LogP contribution in [0.2, 0.25) is 0 Å². The summed E-state index contributed by atoms with van der Waals surface area (Å²) in [5.74, 6) is 3.80. The second kappa shape index (κ2) is 11.7. The molecule has 218 valence electrons. The molecule has 2 saturated carbocycles.